The fourth-order valence-electron chi connectivity index (χ4n) is 1.86. The molecule has 0 aliphatic rings. The summed E-state index contributed by atoms with van der Waals surface area (Å²) in [5, 5.41) is 2.70. The molecular formula is C16H19N5O. The molecule has 0 saturated heterocycles. The van der Waals surface area contributed by atoms with Crippen molar-refractivity contribution in [2.45, 2.75) is 6.42 Å². The molecule has 22 heavy (non-hydrogen) atoms. The Morgan fingerprint density at radius 2 is 2.09 bits per heavy atom. The quantitative estimate of drug-likeness (QED) is 0.784. The van der Waals surface area contributed by atoms with E-state index < -0.39 is 0 Å². The molecule has 0 bridgehead atoms. The number of rotatable bonds is 7. The Bertz CT molecular complexity index is 629. The number of hydrogen-bond acceptors (Lipinski definition) is 5. The van der Waals surface area contributed by atoms with Crippen molar-refractivity contribution in [2.75, 3.05) is 25.0 Å². The van der Waals surface area contributed by atoms with Gasteiger partial charge in [-0.1, -0.05) is 6.08 Å². The van der Waals surface area contributed by atoms with Crippen molar-refractivity contribution in [3.05, 3.63) is 60.7 Å². The molecule has 0 aromatic carbocycles. The van der Waals surface area contributed by atoms with E-state index in [2.05, 4.69) is 26.8 Å². The van der Waals surface area contributed by atoms with Gasteiger partial charge in [0, 0.05) is 38.7 Å². The minimum absolute atomic E-state index is 0.230. The second kappa shape index (κ2) is 7.87. The average Bonchev–Trinajstić information content (AvgIpc) is 2.58. The fourth-order valence-corrected chi connectivity index (χ4v) is 1.86. The van der Waals surface area contributed by atoms with Gasteiger partial charge in [0.1, 0.15) is 5.69 Å². The van der Waals surface area contributed by atoms with E-state index >= 15 is 0 Å². The van der Waals surface area contributed by atoms with Crippen LogP contribution in [-0.4, -0.2) is 41.0 Å². The van der Waals surface area contributed by atoms with Crippen LogP contribution in [0.15, 0.2) is 49.4 Å². The van der Waals surface area contributed by atoms with Crippen LogP contribution in [-0.2, 0) is 6.42 Å². The van der Waals surface area contributed by atoms with Gasteiger partial charge in [-0.15, -0.1) is 6.58 Å². The van der Waals surface area contributed by atoms with Crippen molar-refractivity contribution >= 4 is 11.9 Å². The first-order valence-corrected chi connectivity index (χ1v) is 7.03. The molecule has 1 amide bonds. The molecule has 2 aromatic rings. The highest BCUT2D eigenvalue weighted by molar-refractivity contribution is 5.92. The maximum Gasteiger partial charge on any atom is 0.270 e. The third kappa shape index (κ3) is 4.37. The zero-order chi connectivity index (χ0) is 15.8. The van der Waals surface area contributed by atoms with Crippen molar-refractivity contribution in [1.29, 1.82) is 0 Å². The minimum Gasteiger partial charge on any atom is -0.347 e. The number of carbonyl (C=O) groups is 1. The van der Waals surface area contributed by atoms with Crippen LogP contribution in [0.25, 0.3) is 0 Å². The number of nitrogens with zero attached hydrogens (tertiary/aromatic N) is 4. The fraction of sp³-hybridized carbons (Fsp3) is 0.250. The molecule has 0 saturated carbocycles. The van der Waals surface area contributed by atoms with E-state index in [9.17, 15) is 4.79 Å². The summed E-state index contributed by atoms with van der Waals surface area (Å²) in [6.45, 7) is 4.73. The van der Waals surface area contributed by atoms with E-state index in [-0.39, 0.29) is 5.91 Å². The zero-order valence-electron chi connectivity index (χ0n) is 12.6. The van der Waals surface area contributed by atoms with Gasteiger partial charge >= 0.3 is 0 Å². The molecule has 0 aliphatic carbocycles. The molecule has 0 fully saturated rings. The van der Waals surface area contributed by atoms with E-state index in [0.29, 0.717) is 18.2 Å². The standard InChI is InChI=1S/C16H19N5O/c1-3-8-18-15(22)14-6-11-19-16(20-14)21(2)12-7-13-4-9-17-10-5-13/h3-6,9-11H,1,7-8,12H2,2H3,(H,18,22). The predicted molar refractivity (Wildman–Crippen MR) is 85.8 cm³/mol. The van der Waals surface area contributed by atoms with Crippen molar-refractivity contribution in [1.82, 2.24) is 20.3 Å². The van der Waals surface area contributed by atoms with Gasteiger partial charge in [-0.2, -0.15) is 0 Å². The van der Waals surface area contributed by atoms with Crippen LogP contribution in [0, 0.1) is 0 Å². The summed E-state index contributed by atoms with van der Waals surface area (Å²) < 4.78 is 0. The number of carbonyl (C=O) groups excluding carboxylic acids is 1. The summed E-state index contributed by atoms with van der Waals surface area (Å²) in [6.07, 6.45) is 7.62. The highest BCUT2D eigenvalue weighted by Gasteiger charge is 2.10. The van der Waals surface area contributed by atoms with Crippen LogP contribution >= 0.6 is 0 Å². The smallest absolute Gasteiger partial charge is 0.270 e. The summed E-state index contributed by atoms with van der Waals surface area (Å²) in [4.78, 5) is 26.3. The van der Waals surface area contributed by atoms with E-state index in [0.717, 1.165) is 13.0 Å². The number of likely N-dealkylation sites (N-methyl/N-ethyl adjacent to an activating group) is 1. The van der Waals surface area contributed by atoms with Crippen LogP contribution in [0.2, 0.25) is 0 Å². The van der Waals surface area contributed by atoms with Gasteiger partial charge in [0.05, 0.1) is 0 Å². The second-order valence-corrected chi connectivity index (χ2v) is 4.77. The first kappa shape index (κ1) is 15.6. The lowest BCUT2D eigenvalue weighted by Gasteiger charge is -2.17. The summed E-state index contributed by atoms with van der Waals surface area (Å²) in [5.74, 6) is 0.298. The van der Waals surface area contributed by atoms with Gasteiger partial charge < -0.3 is 10.2 Å². The van der Waals surface area contributed by atoms with Crippen molar-refractivity contribution in [3.8, 4) is 0 Å². The maximum absolute atomic E-state index is 11.9. The molecular weight excluding hydrogens is 278 g/mol. The normalized spacial score (nSPS) is 10.0. The lowest BCUT2D eigenvalue weighted by atomic mass is 10.2. The van der Waals surface area contributed by atoms with Gasteiger partial charge in [-0.05, 0) is 30.2 Å². The Labute approximate surface area is 129 Å². The second-order valence-electron chi connectivity index (χ2n) is 4.77. The highest BCUT2D eigenvalue weighted by atomic mass is 16.1. The number of anilines is 1. The van der Waals surface area contributed by atoms with E-state index in [4.69, 9.17) is 0 Å². The van der Waals surface area contributed by atoms with Gasteiger partial charge in [0.2, 0.25) is 5.95 Å². The van der Waals surface area contributed by atoms with Gasteiger partial charge in [0.15, 0.2) is 0 Å². The maximum atomic E-state index is 11.9. The Morgan fingerprint density at radius 3 is 2.82 bits per heavy atom. The number of nitrogens with one attached hydrogen (secondary N) is 1. The molecule has 1 N–H and O–H groups in total. The topological polar surface area (TPSA) is 71.0 Å². The van der Waals surface area contributed by atoms with Crippen molar-refractivity contribution in [3.63, 3.8) is 0 Å². The van der Waals surface area contributed by atoms with Crippen LogP contribution in [0.3, 0.4) is 0 Å². The Hall–Kier alpha value is -2.76. The SMILES string of the molecule is C=CCNC(=O)c1ccnc(N(C)CCc2ccncc2)n1. The molecule has 0 spiro atoms. The predicted octanol–water partition coefficient (Wildman–Crippen LogP) is 1.47. The molecule has 2 rings (SSSR count). The molecule has 6 nitrogen and oxygen atoms in total. The molecule has 114 valence electrons. The molecule has 0 atom stereocenters. The van der Waals surface area contributed by atoms with E-state index in [1.54, 1.807) is 30.7 Å². The lowest BCUT2D eigenvalue weighted by Crippen LogP contribution is -2.27. The molecule has 2 heterocycles. The number of pyridine rings is 1. The number of aromatic nitrogens is 3. The van der Waals surface area contributed by atoms with Gasteiger partial charge in [-0.25, -0.2) is 9.97 Å². The van der Waals surface area contributed by atoms with Crippen LogP contribution < -0.4 is 10.2 Å². The summed E-state index contributed by atoms with van der Waals surface area (Å²) >= 11 is 0. The minimum atomic E-state index is -0.230. The highest BCUT2D eigenvalue weighted by Crippen LogP contribution is 2.07. The molecule has 6 heteroatoms. The Kier molecular flexibility index (Phi) is 5.59. The van der Waals surface area contributed by atoms with Gasteiger partial charge in [0.25, 0.3) is 5.91 Å². The van der Waals surface area contributed by atoms with Crippen molar-refractivity contribution in [2.24, 2.45) is 0 Å². The number of amides is 1. The first-order valence-electron chi connectivity index (χ1n) is 7.03. The average molecular weight is 297 g/mol. The molecule has 2 aromatic heterocycles. The Balaban J connectivity index is 1.99. The molecule has 0 unspecified atom stereocenters. The van der Waals surface area contributed by atoms with E-state index in [1.807, 2.05) is 24.1 Å². The summed E-state index contributed by atoms with van der Waals surface area (Å²) in [5.41, 5.74) is 1.55. The van der Waals surface area contributed by atoms with E-state index in [1.165, 1.54) is 5.56 Å². The number of hydrogen-bond donors (Lipinski definition) is 1. The Morgan fingerprint density at radius 1 is 1.32 bits per heavy atom. The van der Waals surface area contributed by atoms with Crippen LogP contribution in [0.4, 0.5) is 5.95 Å². The third-order valence-electron chi connectivity index (χ3n) is 3.11. The first-order chi connectivity index (χ1) is 10.7. The monoisotopic (exact) mass is 297 g/mol. The van der Waals surface area contributed by atoms with Crippen molar-refractivity contribution < 1.29 is 4.79 Å². The lowest BCUT2D eigenvalue weighted by molar-refractivity contribution is 0.0953. The van der Waals surface area contributed by atoms with Crippen LogP contribution in [0.5, 0.6) is 0 Å². The summed E-state index contributed by atoms with van der Waals surface area (Å²) in [7, 11) is 1.90. The molecule has 0 radical (unpaired) electrons. The van der Waals surface area contributed by atoms with Crippen LogP contribution in [0.1, 0.15) is 16.1 Å². The molecule has 0 aliphatic heterocycles. The third-order valence-corrected chi connectivity index (χ3v) is 3.11. The van der Waals surface area contributed by atoms with Gasteiger partial charge in [-0.3, -0.25) is 9.78 Å². The largest absolute Gasteiger partial charge is 0.347 e. The summed E-state index contributed by atoms with van der Waals surface area (Å²) in [6, 6.07) is 5.56. The zero-order valence-corrected chi connectivity index (χ0v) is 12.6.